The predicted molar refractivity (Wildman–Crippen MR) is 102 cm³/mol. The number of benzene rings is 2. The van der Waals surface area contributed by atoms with Crippen LogP contribution in [-0.4, -0.2) is 41.8 Å². The van der Waals surface area contributed by atoms with Crippen LogP contribution < -0.4 is 19.1 Å². The molecule has 0 aliphatic rings. The van der Waals surface area contributed by atoms with Gasteiger partial charge in [-0.1, -0.05) is 0 Å². The van der Waals surface area contributed by atoms with Crippen molar-refractivity contribution in [3.05, 3.63) is 47.5 Å². The number of ether oxygens (including phenoxy) is 2. The minimum absolute atomic E-state index is 0.329. The van der Waals surface area contributed by atoms with E-state index in [1.807, 2.05) is 0 Å². The number of carbonyl (C=O) groups excluding carboxylic acids is 1. The SMILES string of the molecule is COc1ccc(NC(=O)c2ccc(N(C)S(C)(=O)=O)c(C)c2)c(OC)c1. The Balaban J connectivity index is 2.27. The van der Waals surface area contributed by atoms with E-state index in [9.17, 15) is 13.2 Å². The number of hydrogen-bond acceptors (Lipinski definition) is 5. The Morgan fingerprint density at radius 2 is 1.77 bits per heavy atom. The zero-order valence-corrected chi connectivity index (χ0v) is 16.2. The zero-order chi connectivity index (χ0) is 19.5. The van der Waals surface area contributed by atoms with Crippen LogP contribution in [0, 0.1) is 6.92 Å². The van der Waals surface area contributed by atoms with Gasteiger partial charge in [-0.3, -0.25) is 9.10 Å². The van der Waals surface area contributed by atoms with Gasteiger partial charge in [-0.15, -0.1) is 0 Å². The molecule has 2 rings (SSSR count). The molecule has 0 saturated heterocycles. The molecule has 0 atom stereocenters. The van der Waals surface area contributed by atoms with Crippen LogP contribution in [0.4, 0.5) is 11.4 Å². The molecule has 2 aromatic rings. The standard InChI is InChI=1S/C18H22N2O5S/c1-12-10-13(6-9-16(12)20(2)26(5,22)23)18(21)19-15-8-7-14(24-3)11-17(15)25-4/h6-11H,1-5H3,(H,19,21). The summed E-state index contributed by atoms with van der Waals surface area (Å²) in [4.78, 5) is 12.5. The Morgan fingerprint density at radius 3 is 2.31 bits per heavy atom. The number of carbonyl (C=O) groups is 1. The first-order chi connectivity index (χ1) is 12.2. The van der Waals surface area contributed by atoms with E-state index in [2.05, 4.69) is 5.32 Å². The van der Waals surface area contributed by atoms with Crippen molar-refractivity contribution < 1.29 is 22.7 Å². The van der Waals surface area contributed by atoms with E-state index in [0.717, 1.165) is 6.26 Å². The molecule has 0 unspecified atom stereocenters. The third kappa shape index (κ3) is 4.26. The topological polar surface area (TPSA) is 84.9 Å². The van der Waals surface area contributed by atoms with Crippen LogP contribution in [0.2, 0.25) is 0 Å². The highest BCUT2D eigenvalue weighted by Crippen LogP contribution is 2.30. The van der Waals surface area contributed by atoms with Gasteiger partial charge in [0.25, 0.3) is 5.91 Å². The number of anilines is 2. The third-order valence-electron chi connectivity index (χ3n) is 3.95. The highest BCUT2D eigenvalue weighted by Gasteiger charge is 2.16. The third-order valence-corrected chi connectivity index (χ3v) is 5.14. The fourth-order valence-corrected chi connectivity index (χ4v) is 2.99. The van der Waals surface area contributed by atoms with Gasteiger partial charge in [0.1, 0.15) is 11.5 Å². The molecule has 0 aliphatic heterocycles. The van der Waals surface area contributed by atoms with Gasteiger partial charge in [-0.25, -0.2) is 8.42 Å². The molecule has 7 nitrogen and oxygen atoms in total. The van der Waals surface area contributed by atoms with Crippen molar-refractivity contribution in [1.82, 2.24) is 0 Å². The number of amides is 1. The second-order valence-corrected chi connectivity index (χ2v) is 7.77. The molecule has 0 spiro atoms. The van der Waals surface area contributed by atoms with E-state index in [1.165, 1.54) is 18.5 Å². The molecular formula is C18H22N2O5S. The summed E-state index contributed by atoms with van der Waals surface area (Å²) in [6.45, 7) is 1.75. The summed E-state index contributed by atoms with van der Waals surface area (Å²) in [6.07, 6.45) is 1.13. The van der Waals surface area contributed by atoms with Gasteiger partial charge >= 0.3 is 0 Å². The van der Waals surface area contributed by atoms with Crippen molar-refractivity contribution in [2.45, 2.75) is 6.92 Å². The van der Waals surface area contributed by atoms with Crippen molar-refractivity contribution in [3.8, 4) is 11.5 Å². The van der Waals surface area contributed by atoms with Crippen LogP contribution in [0.25, 0.3) is 0 Å². The molecule has 0 saturated carbocycles. The van der Waals surface area contributed by atoms with E-state index in [-0.39, 0.29) is 5.91 Å². The van der Waals surface area contributed by atoms with Crippen LogP contribution in [0.3, 0.4) is 0 Å². The van der Waals surface area contributed by atoms with Gasteiger partial charge in [-0.05, 0) is 42.8 Å². The smallest absolute Gasteiger partial charge is 0.255 e. The number of sulfonamides is 1. The van der Waals surface area contributed by atoms with E-state index in [0.29, 0.717) is 34.0 Å². The van der Waals surface area contributed by atoms with E-state index in [1.54, 1.807) is 50.4 Å². The summed E-state index contributed by atoms with van der Waals surface area (Å²) in [7, 11) is 1.15. The van der Waals surface area contributed by atoms with Crippen LogP contribution in [-0.2, 0) is 10.0 Å². The van der Waals surface area contributed by atoms with E-state index < -0.39 is 10.0 Å². The first-order valence-corrected chi connectivity index (χ1v) is 9.60. The monoisotopic (exact) mass is 378 g/mol. The lowest BCUT2D eigenvalue weighted by Gasteiger charge is -2.19. The number of rotatable bonds is 6. The predicted octanol–water partition coefficient (Wildman–Crippen LogP) is 2.66. The maximum absolute atomic E-state index is 12.5. The molecule has 0 aliphatic carbocycles. The lowest BCUT2D eigenvalue weighted by molar-refractivity contribution is 0.102. The summed E-state index contributed by atoms with van der Waals surface area (Å²) in [5.74, 6) is 0.761. The number of hydrogen-bond donors (Lipinski definition) is 1. The zero-order valence-electron chi connectivity index (χ0n) is 15.4. The van der Waals surface area contributed by atoms with Gasteiger partial charge in [0.15, 0.2) is 0 Å². The van der Waals surface area contributed by atoms with Gasteiger partial charge in [-0.2, -0.15) is 0 Å². The molecule has 0 bridgehead atoms. The van der Waals surface area contributed by atoms with Crippen molar-refractivity contribution in [2.24, 2.45) is 0 Å². The normalized spacial score (nSPS) is 11.0. The fourth-order valence-electron chi connectivity index (χ4n) is 2.42. The molecule has 2 aromatic carbocycles. The number of aryl methyl sites for hydroxylation is 1. The van der Waals surface area contributed by atoms with Crippen molar-refractivity contribution >= 4 is 27.3 Å². The Bertz CT molecular complexity index is 925. The molecule has 8 heteroatoms. The minimum atomic E-state index is -3.37. The molecule has 1 amide bonds. The second-order valence-electron chi connectivity index (χ2n) is 5.75. The highest BCUT2D eigenvalue weighted by atomic mass is 32.2. The number of nitrogens with zero attached hydrogens (tertiary/aromatic N) is 1. The molecule has 1 N–H and O–H groups in total. The molecule has 140 valence electrons. The lowest BCUT2D eigenvalue weighted by atomic mass is 10.1. The maximum atomic E-state index is 12.5. The Labute approximate surface area is 153 Å². The Morgan fingerprint density at radius 1 is 1.08 bits per heavy atom. The number of methoxy groups -OCH3 is 2. The lowest BCUT2D eigenvalue weighted by Crippen LogP contribution is -2.25. The van der Waals surface area contributed by atoms with Gasteiger partial charge in [0, 0.05) is 18.7 Å². The summed E-state index contributed by atoms with van der Waals surface area (Å²) < 4.78 is 35.0. The largest absolute Gasteiger partial charge is 0.497 e. The average molecular weight is 378 g/mol. The second kappa shape index (κ2) is 7.65. The van der Waals surface area contributed by atoms with Crippen LogP contribution in [0.5, 0.6) is 11.5 Å². The van der Waals surface area contributed by atoms with Crippen molar-refractivity contribution in [2.75, 3.05) is 37.1 Å². The Kier molecular flexibility index (Phi) is 5.76. The number of nitrogens with one attached hydrogen (secondary N) is 1. The molecule has 0 aromatic heterocycles. The van der Waals surface area contributed by atoms with Crippen molar-refractivity contribution in [3.63, 3.8) is 0 Å². The highest BCUT2D eigenvalue weighted by molar-refractivity contribution is 7.92. The quantitative estimate of drug-likeness (QED) is 0.835. The molecule has 0 heterocycles. The van der Waals surface area contributed by atoms with Crippen LogP contribution in [0.1, 0.15) is 15.9 Å². The molecule has 26 heavy (non-hydrogen) atoms. The molecule has 0 radical (unpaired) electrons. The summed E-state index contributed by atoms with van der Waals surface area (Å²) >= 11 is 0. The minimum Gasteiger partial charge on any atom is -0.497 e. The van der Waals surface area contributed by atoms with Gasteiger partial charge < -0.3 is 14.8 Å². The van der Waals surface area contributed by atoms with Crippen molar-refractivity contribution in [1.29, 1.82) is 0 Å². The maximum Gasteiger partial charge on any atom is 0.255 e. The summed E-state index contributed by atoms with van der Waals surface area (Å²) in [6, 6.07) is 9.90. The van der Waals surface area contributed by atoms with E-state index in [4.69, 9.17) is 9.47 Å². The van der Waals surface area contributed by atoms with Gasteiger partial charge in [0.2, 0.25) is 10.0 Å². The summed E-state index contributed by atoms with van der Waals surface area (Å²) in [5.41, 5.74) is 2.11. The van der Waals surface area contributed by atoms with Crippen LogP contribution >= 0.6 is 0 Å². The first kappa shape index (κ1) is 19.6. The summed E-state index contributed by atoms with van der Waals surface area (Å²) in [5, 5.41) is 2.78. The van der Waals surface area contributed by atoms with Gasteiger partial charge in [0.05, 0.1) is 31.9 Å². The average Bonchev–Trinajstić information content (AvgIpc) is 2.60. The van der Waals surface area contributed by atoms with Crippen LogP contribution in [0.15, 0.2) is 36.4 Å². The fraction of sp³-hybridized carbons (Fsp3) is 0.278. The van der Waals surface area contributed by atoms with E-state index >= 15 is 0 Å². The Hall–Kier alpha value is -2.74. The first-order valence-electron chi connectivity index (χ1n) is 7.75. The molecule has 0 fully saturated rings. The molecular weight excluding hydrogens is 356 g/mol.